The number of hydrogen-bond acceptors (Lipinski definition) is 3. The van der Waals surface area contributed by atoms with Gasteiger partial charge in [0.05, 0.1) is 6.61 Å². The lowest BCUT2D eigenvalue weighted by atomic mass is 10.1. The summed E-state index contributed by atoms with van der Waals surface area (Å²) in [7, 11) is 0. The van der Waals surface area contributed by atoms with Crippen LogP contribution in [0, 0.1) is 5.92 Å². The SMILES string of the molecule is CCOc1cccc(CNCC(C)C(N)=O)c1. The highest BCUT2D eigenvalue weighted by Gasteiger charge is 2.07. The van der Waals surface area contributed by atoms with Gasteiger partial charge in [-0.2, -0.15) is 0 Å². The Bertz CT molecular complexity index is 366. The summed E-state index contributed by atoms with van der Waals surface area (Å²) in [5, 5.41) is 3.20. The topological polar surface area (TPSA) is 64.3 Å². The van der Waals surface area contributed by atoms with Crippen LogP contribution in [0.4, 0.5) is 0 Å². The van der Waals surface area contributed by atoms with Gasteiger partial charge in [-0.15, -0.1) is 0 Å². The second kappa shape index (κ2) is 6.91. The molecule has 0 aliphatic rings. The number of rotatable bonds is 7. The van der Waals surface area contributed by atoms with Crippen LogP contribution in [0.25, 0.3) is 0 Å². The smallest absolute Gasteiger partial charge is 0.221 e. The molecule has 1 unspecified atom stereocenters. The first-order valence-electron chi connectivity index (χ1n) is 5.85. The molecule has 0 fully saturated rings. The van der Waals surface area contributed by atoms with Crippen molar-refractivity contribution in [2.24, 2.45) is 11.7 Å². The summed E-state index contributed by atoms with van der Waals surface area (Å²) in [5.74, 6) is 0.445. The number of carbonyl (C=O) groups excluding carboxylic acids is 1. The zero-order valence-electron chi connectivity index (χ0n) is 10.4. The second-order valence-corrected chi connectivity index (χ2v) is 4.01. The quantitative estimate of drug-likeness (QED) is 0.750. The number of amides is 1. The van der Waals surface area contributed by atoms with E-state index in [1.165, 1.54) is 0 Å². The molecule has 0 aliphatic heterocycles. The highest BCUT2D eigenvalue weighted by molar-refractivity contribution is 5.76. The Labute approximate surface area is 102 Å². The zero-order chi connectivity index (χ0) is 12.7. The van der Waals surface area contributed by atoms with Crippen LogP contribution in [0.15, 0.2) is 24.3 Å². The van der Waals surface area contributed by atoms with Gasteiger partial charge in [0, 0.05) is 19.0 Å². The van der Waals surface area contributed by atoms with Gasteiger partial charge < -0.3 is 15.8 Å². The maximum atomic E-state index is 10.8. The summed E-state index contributed by atoms with van der Waals surface area (Å²) in [6.45, 7) is 5.73. The van der Waals surface area contributed by atoms with E-state index in [1.54, 1.807) is 0 Å². The van der Waals surface area contributed by atoms with Gasteiger partial charge in [-0.25, -0.2) is 0 Å². The predicted molar refractivity (Wildman–Crippen MR) is 67.7 cm³/mol. The summed E-state index contributed by atoms with van der Waals surface area (Å²) in [5.41, 5.74) is 6.31. The highest BCUT2D eigenvalue weighted by Crippen LogP contribution is 2.12. The summed E-state index contributed by atoms with van der Waals surface area (Å²) in [4.78, 5) is 10.8. The lowest BCUT2D eigenvalue weighted by molar-refractivity contribution is -0.121. The highest BCUT2D eigenvalue weighted by atomic mass is 16.5. The molecule has 0 saturated heterocycles. The van der Waals surface area contributed by atoms with E-state index in [9.17, 15) is 4.79 Å². The largest absolute Gasteiger partial charge is 0.494 e. The molecule has 4 nitrogen and oxygen atoms in total. The van der Waals surface area contributed by atoms with Crippen LogP contribution in [0.2, 0.25) is 0 Å². The minimum atomic E-state index is -0.277. The van der Waals surface area contributed by atoms with E-state index in [4.69, 9.17) is 10.5 Å². The third-order valence-corrected chi connectivity index (χ3v) is 2.47. The number of hydrogen-bond donors (Lipinski definition) is 2. The molecule has 0 saturated carbocycles. The molecule has 0 aromatic heterocycles. The van der Waals surface area contributed by atoms with Crippen molar-refractivity contribution in [3.8, 4) is 5.75 Å². The van der Waals surface area contributed by atoms with Crippen LogP contribution in [-0.2, 0) is 11.3 Å². The van der Waals surface area contributed by atoms with Crippen molar-refractivity contribution < 1.29 is 9.53 Å². The third-order valence-electron chi connectivity index (χ3n) is 2.47. The average molecular weight is 236 g/mol. The molecule has 1 aromatic carbocycles. The standard InChI is InChI=1S/C13H20N2O2/c1-3-17-12-6-4-5-11(7-12)9-15-8-10(2)13(14)16/h4-7,10,15H,3,8-9H2,1-2H3,(H2,14,16). The first-order valence-corrected chi connectivity index (χ1v) is 5.85. The van der Waals surface area contributed by atoms with E-state index < -0.39 is 0 Å². The van der Waals surface area contributed by atoms with Gasteiger partial charge in [0.25, 0.3) is 0 Å². The lowest BCUT2D eigenvalue weighted by Crippen LogP contribution is -2.30. The van der Waals surface area contributed by atoms with Crippen molar-refractivity contribution in [2.45, 2.75) is 20.4 Å². The second-order valence-electron chi connectivity index (χ2n) is 4.01. The number of benzene rings is 1. The molecule has 0 spiro atoms. The van der Waals surface area contributed by atoms with Crippen LogP contribution in [0.1, 0.15) is 19.4 Å². The fourth-order valence-electron chi connectivity index (χ4n) is 1.45. The van der Waals surface area contributed by atoms with Crippen molar-refractivity contribution in [3.05, 3.63) is 29.8 Å². The molecular formula is C13H20N2O2. The number of primary amides is 1. The minimum absolute atomic E-state index is 0.148. The molecule has 0 radical (unpaired) electrons. The van der Waals surface area contributed by atoms with Crippen LogP contribution in [0.3, 0.4) is 0 Å². The van der Waals surface area contributed by atoms with Gasteiger partial charge in [-0.3, -0.25) is 4.79 Å². The van der Waals surface area contributed by atoms with E-state index in [0.29, 0.717) is 19.7 Å². The lowest BCUT2D eigenvalue weighted by Gasteiger charge is -2.10. The molecule has 94 valence electrons. The molecule has 1 rings (SSSR count). The Morgan fingerprint density at radius 2 is 2.29 bits per heavy atom. The summed E-state index contributed by atoms with van der Waals surface area (Å²) < 4.78 is 5.41. The van der Waals surface area contributed by atoms with Crippen LogP contribution in [-0.4, -0.2) is 19.1 Å². The van der Waals surface area contributed by atoms with Gasteiger partial charge in [-0.1, -0.05) is 19.1 Å². The number of nitrogens with one attached hydrogen (secondary N) is 1. The van der Waals surface area contributed by atoms with Crippen molar-refractivity contribution in [2.75, 3.05) is 13.2 Å². The first kappa shape index (κ1) is 13.5. The van der Waals surface area contributed by atoms with Crippen molar-refractivity contribution in [3.63, 3.8) is 0 Å². The number of carbonyl (C=O) groups is 1. The number of ether oxygens (including phenoxy) is 1. The fourth-order valence-corrected chi connectivity index (χ4v) is 1.45. The Kier molecular flexibility index (Phi) is 5.49. The van der Waals surface area contributed by atoms with Crippen LogP contribution >= 0.6 is 0 Å². The van der Waals surface area contributed by atoms with Gasteiger partial charge in [0.2, 0.25) is 5.91 Å². The Morgan fingerprint density at radius 3 is 2.94 bits per heavy atom. The molecule has 3 N–H and O–H groups in total. The van der Waals surface area contributed by atoms with Crippen molar-refractivity contribution in [1.82, 2.24) is 5.32 Å². The van der Waals surface area contributed by atoms with E-state index in [2.05, 4.69) is 5.32 Å². The monoisotopic (exact) mass is 236 g/mol. The molecule has 0 bridgehead atoms. The zero-order valence-corrected chi connectivity index (χ0v) is 10.4. The molecule has 1 atom stereocenters. The molecule has 1 aromatic rings. The Morgan fingerprint density at radius 1 is 1.53 bits per heavy atom. The fraction of sp³-hybridized carbons (Fsp3) is 0.462. The molecule has 4 heteroatoms. The first-order chi connectivity index (χ1) is 8.13. The number of nitrogens with two attached hydrogens (primary N) is 1. The van der Waals surface area contributed by atoms with Crippen molar-refractivity contribution >= 4 is 5.91 Å². The predicted octanol–water partition coefficient (Wildman–Crippen LogP) is 1.30. The molecule has 1 amide bonds. The maximum Gasteiger partial charge on any atom is 0.221 e. The van der Waals surface area contributed by atoms with Crippen LogP contribution < -0.4 is 15.8 Å². The van der Waals surface area contributed by atoms with Gasteiger partial charge in [0.1, 0.15) is 5.75 Å². The van der Waals surface area contributed by atoms with E-state index >= 15 is 0 Å². The molecule has 17 heavy (non-hydrogen) atoms. The minimum Gasteiger partial charge on any atom is -0.494 e. The summed E-state index contributed by atoms with van der Waals surface area (Å²) in [6.07, 6.45) is 0. The molecule has 0 heterocycles. The normalized spacial score (nSPS) is 12.1. The maximum absolute atomic E-state index is 10.8. The summed E-state index contributed by atoms with van der Waals surface area (Å²) in [6, 6.07) is 7.90. The molecule has 0 aliphatic carbocycles. The average Bonchev–Trinajstić information content (AvgIpc) is 2.29. The third kappa shape index (κ3) is 4.87. The van der Waals surface area contributed by atoms with Gasteiger partial charge in [0.15, 0.2) is 0 Å². The van der Waals surface area contributed by atoms with E-state index in [-0.39, 0.29) is 11.8 Å². The summed E-state index contributed by atoms with van der Waals surface area (Å²) >= 11 is 0. The Hall–Kier alpha value is -1.55. The van der Waals surface area contributed by atoms with E-state index in [0.717, 1.165) is 11.3 Å². The van der Waals surface area contributed by atoms with E-state index in [1.807, 2.05) is 38.1 Å². The van der Waals surface area contributed by atoms with Crippen LogP contribution in [0.5, 0.6) is 5.75 Å². The van der Waals surface area contributed by atoms with Crippen molar-refractivity contribution in [1.29, 1.82) is 0 Å². The van der Waals surface area contributed by atoms with Gasteiger partial charge >= 0.3 is 0 Å². The molecular weight excluding hydrogens is 216 g/mol. The van der Waals surface area contributed by atoms with Gasteiger partial charge in [-0.05, 0) is 24.6 Å². The Balaban J connectivity index is 2.41.